The molecule has 132 valence electrons. The second-order valence-electron chi connectivity index (χ2n) is 7.26. The zero-order valence-corrected chi connectivity index (χ0v) is 15.5. The van der Waals surface area contributed by atoms with Crippen molar-refractivity contribution >= 4 is 23.2 Å². The molecule has 1 aromatic rings. The number of carbonyl (C=O) groups excluding carboxylic acids is 1. The molecule has 5 heteroatoms. The summed E-state index contributed by atoms with van der Waals surface area (Å²) in [5, 5.41) is 3.62. The van der Waals surface area contributed by atoms with E-state index in [2.05, 4.69) is 22.0 Å². The topological polar surface area (TPSA) is 35.6 Å². The van der Waals surface area contributed by atoms with E-state index in [1.54, 1.807) is 0 Å². The van der Waals surface area contributed by atoms with Gasteiger partial charge in [-0.15, -0.1) is 0 Å². The Morgan fingerprint density at radius 1 is 1.33 bits per heavy atom. The van der Waals surface area contributed by atoms with Crippen LogP contribution in [0.2, 0.25) is 5.02 Å². The molecule has 1 amide bonds. The van der Waals surface area contributed by atoms with Gasteiger partial charge in [-0.3, -0.25) is 14.6 Å². The summed E-state index contributed by atoms with van der Waals surface area (Å²) in [4.78, 5) is 17.1. The number of hydrogen-bond acceptors (Lipinski definition) is 3. The Labute approximate surface area is 150 Å². The van der Waals surface area contributed by atoms with Crippen LogP contribution in [0, 0.1) is 6.92 Å². The second-order valence-corrected chi connectivity index (χ2v) is 7.67. The Balaban J connectivity index is 1.38. The lowest BCUT2D eigenvalue weighted by molar-refractivity contribution is -0.117. The molecule has 3 rings (SSSR count). The molecule has 2 aliphatic rings. The molecule has 0 spiro atoms. The van der Waals surface area contributed by atoms with Gasteiger partial charge in [0.15, 0.2) is 0 Å². The van der Waals surface area contributed by atoms with Gasteiger partial charge < -0.3 is 5.32 Å². The Hall–Kier alpha value is -1.10. The Morgan fingerprint density at radius 2 is 2.12 bits per heavy atom. The third-order valence-electron chi connectivity index (χ3n) is 5.37. The lowest BCUT2D eigenvalue weighted by Crippen LogP contribution is -2.62. The number of piperidine rings is 1. The number of halogens is 1. The molecule has 0 radical (unpaired) electrons. The van der Waals surface area contributed by atoms with E-state index in [0.717, 1.165) is 36.9 Å². The summed E-state index contributed by atoms with van der Waals surface area (Å²) < 4.78 is 0. The normalized spacial score (nSPS) is 23.0. The van der Waals surface area contributed by atoms with Gasteiger partial charge in [0.1, 0.15) is 0 Å². The number of carbonyl (C=O) groups is 1. The average Bonchev–Trinajstić information content (AvgIpc) is 2.51. The maximum absolute atomic E-state index is 12.1. The van der Waals surface area contributed by atoms with Crippen molar-refractivity contribution in [3.05, 3.63) is 28.8 Å². The molecule has 2 aliphatic heterocycles. The van der Waals surface area contributed by atoms with Crippen molar-refractivity contribution in [2.45, 2.75) is 51.6 Å². The molecule has 1 atom stereocenters. The van der Waals surface area contributed by atoms with Gasteiger partial charge in [-0.25, -0.2) is 0 Å². The fraction of sp³-hybridized carbons (Fsp3) is 0.632. The fourth-order valence-electron chi connectivity index (χ4n) is 3.75. The van der Waals surface area contributed by atoms with Crippen LogP contribution in [0.15, 0.2) is 18.2 Å². The molecular formula is C19H28ClN3O. The molecule has 0 bridgehead atoms. The summed E-state index contributed by atoms with van der Waals surface area (Å²) in [5.74, 6) is 0.0599. The van der Waals surface area contributed by atoms with Crippen LogP contribution < -0.4 is 5.32 Å². The van der Waals surface area contributed by atoms with Crippen LogP contribution in [0.3, 0.4) is 0 Å². The predicted molar refractivity (Wildman–Crippen MR) is 99.7 cm³/mol. The highest BCUT2D eigenvalue weighted by molar-refractivity contribution is 6.31. The SMILES string of the molecule is Cc1ccc(NC(=O)CCN2CC(N3CCCC[C@H]3C)C2)cc1Cl. The lowest BCUT2D eigenvalue weighted by Gasteiger charge is -2.49. The van der Waals surface area contributed by atoms with Gasteiger partial charge in [-0.1, -0.05) is 24.1 Å². The Morgan fingerprint density at radius 3 is 2.83 bits per heavy atom. The molecule has 0 aromatic heterocycles. The van der Waals surface area contributed by atoms with Gasteiger partial charge >= 0.3 is 0 Å². The van der Waals surface area contributed by atoms with Crippen LogP contribution in [0.1, 0.15) is 38.2 Å². The van der Waals surface area contributed by atoms with Crippen molar-refractivity contribution in [1.29, 1.82) is 0 Å². The maximum atomic E-state index is 12.1. The first-order valence-electron chi connectivity index (χ1n) is 9.07. The first kappa shape index (κ1) is 17.7. The van der Waals surface area contributed by atoms with Crippen LogP contribution in [-0.2, 0) is 4.79 Å². The highest BCUT2D eigenvalue weighted by Gasteiger charge is 2.34. The Kier molecular flexibility index (Phi) is 5.80. The van der Waals surface area contributed by atoms with Gasteiger partial charge in [0.05, 0.1) is 0 Å². The minimum atomic E-state index is 0.0599. The highest BCUT2D eigenvalue weighted by Crippen LogP contribution is 2.24. The number of nitrogens with zero attached hydrogens (tertiary/aromatic N) is 2. The first-order valence-corrected chi connectivity index (χ1v) is 9.45. The number of aryl methyl sites for hydroxylation is 1. The third kappa shape index (κ3) is 4.29. The number of benzene rings is 1. The number of anilines is 1. The van der Waals surface area contributed by atoms with E-state index in [-0.39, 0.29) is 5.91 Å². The van der Waals surface area contributed by atoms with E-state index in [9.17, 15) is 4.79 Å². The second kappa shape index (κ2) is 7.85. The standard InChI is InChI=1S/C19H28ClN3O/c1-14-6-7-16(11-18(14)20)21-19(24)8-10-22-12-17(13-22)23-9-4-3-5-15(23)2/h6-7,11,15,17H,3-5,8-10,12-13H2,1-2H3,(H,21,24)/t15-/m1/s1. The van der Waals surface area contributed by atoms with Crippen molar-refractivity contribution in [2.24, 2.45) is 0 Å². The van der Waals surface area contributed by atoms with Gasteiger partial charge in [-0.2, -0.15) is 0 Å². The lowest BCUT2D eigenvalue weighted by atomic mass is 9.97. The highest BCUT2D eigenvalue weighted by atomic mass is 35.5. The van der Waals surface area contributed by atoms with Crippen molar-refractivity contribution in [1.82, 2.24) is 9.80 Å². The Bertz CT molecular complexity index is 586. The summed E-state index contributed by atoms with van der Waals surface area (Å²) in [7, 11) is 0. The van der Waals surface area contributed by atoms with Crippen LogP contribution in [0.4, 0.5) is 5.69 Å². The van der Waals surface area contributed by atoms with Gasteiger partial charge in [0.25, 0.3) is 0 Å². The molecule has 0 saturated carbocycles. The summed E-state index contributed by atoms with van der Waals surface area (Å²) in [6.07, 6.45) is 4.57. The van der Waals surface area contributed by atoms with E-state index in [1.807, 2.05) is 25.1 Å². The van der Waals surface area contributed by atoms with E-state index in [4.69, 9.17) is 11.6 Å². The summed E-state index contributed by atoms with van der Waals surface area (Å²) >= 11 is 6.09. The quantitative estimate of drug-likeness (QED) is 0.883. The van der Waals surface area contributed by atoms with Crippen LogP contribution in [-0.4, -0.2) is 54.0 Å². The van der Waals surface area contributed by atoms with E-state index >= 15 is 0 Å². The van der Waals surface area contributed by atoms with Gasteiger partial charge in [0, 0.05) is 48.8 Å². The van der Waals surface area contributed by atoms with E-state index in [0.29, 0.717) is 17.5 Å². The molecule has 0 unspecified atom stereocenters. The molecule has 2 fully saturated rings. The molecular weight excluding hydrogens is 322 g/mol. The molecule has 0 aliphatic carbocycles. The summed E-state index contributed by atoms with van der Waals surface area (Å²) in [6, 6.07) is 7.06. The summed E-state index contributed by atoms with van der Waals surface area (Å²) in [5.41, 5.74) is 1.80. The number of amides is 1. The molecule has 2 saturated heterocycles. The number of hydrogen-bond donors (Lipinski definition) is 1. The largest absolute Gasteiger partial charge is 0.326 e. The average molecular weight is 350 g/mol. The first-order chi connectivity index (χ1) is 11.5. The molecule has 2 heterocycles. The maximum Gasteiger partial charge on any atom is 0.225 e. The smallest absolute Gasteiger partial charge is 0.225 e. The minimum Gasteiger partial charge on any atom is -0.326 e. The van der Waals surface area contributed by atoms with E-state index < -0.39 is 0 Å². The molecule has 24 heavy (non-hydrogen) atoms. The number of nitrogens with one attached hydrogen (secondary N) is 1. The predicted octanol–water partition coefficient (Wildman–Crippen LogP) is 3.54. The van der Waals surface area contributed by atoms with Crippen LogP contribution >= 0.6 is 11.6 Å². The number of rotatable bonds is 5. The van der Waals surface area contributed by atoms with Crippen molar-refractivity contribution < 1.29 is 4.79 Å². The monoisotopic (exact) mass is 349 g/mol. The molecule has 4 nitrogen and oxygen atoms in total. The molecule has 1 N–H and O–H groups in total. The van der Waals surface area contributed by atoms with Crippen LogP contribution in [0.5, 0.6) is 0 Å². The third-order valence-corrected chi connectivity index (χ3v) is 5.78. The number of likely N-dealkylation sites (tertiary alicyclic amines) is 2. The van der Waals surface area contributed by atoms with Crippen molar-refractivity contribution in [3.8, 4) is 0 Å². The van der Waals surface area contributed by atoms with E-state index in [1.165, 1.54) is 25.8 Å². The van der Waals surface area contributed by atoms with Crippen molar-refractivity contribution in [2.75, 3.05) is 31.5 Å². The summed E-state index contributed by atoms with van der Waals surface area (Å²) in [6.45, 7) is 8.60. The van der Waals surface area contributed by atoms with Gasteiger partial charge in [0.2, 0.25) is 5.91 Å². The molecule has 1 aromatic carbocycles. The van der Waals surface area contributed by atoms with Gasteiger partial charge in [-0.05, 0) is 50.9 Å². The fourth-order valence-corrected chi connectivity index (χ4v) is 3.93. The van der Waals surface area contributed by atoms with Crippen molar-refractivity contribution in [3.63, 3.8) is 0 Å². The minimum absolute atomic E-state index is 0.0599. The zero-order chi connectivity index (χ0) is 17.1. The van der Waals surface area contributed by atoms with Crippen LogP contribution in [0.25, 0.3) is 0 Å². The zero-order valence-electron chi connectivity index (χ0n) is 14.7.